The summed E-state index contributed by atoms with van der Waals surface area (Å²) in [6, 6.07) is 3.13. The minimum atomic E-state index is -3.38. The van der Waals surface area contributed by atoms with Crippen LogP contribution in [0.2, 0.25) is 0 Å². The van der Waals surface area contributed by atoms with Gasteiger partial charge in [-0.1, -0.05) is 25.8 Å². The Hall–Kier alpha value is -1.62. The molecule has 30 heavy (non-hydrogen) atoms. The third kappa shape index (κ3) is 5.96. The Morgan fingerprint density at radius 2 is 1.90 bits per heavy atom. The van der Waals surface area contributed by atoms with Crippen molar-refractivity contribution >= 4 is 10.0 Å². The standard InChI is InChI=1S/C23H34N2O4S/c1-16(2)5-7-18-8-12-20(13-9-18)29-15-22-21(24-30(4,27)28)14-11-19-10-6-17(3)23(26)25(19)22/h6,10,16,18,20-22,24H,8-9,11-15H2,1-4H3. The van der Waals surface area contributed by atoms with Crippen molar-refractivity contribution in [2.24, 2.45) is 11.8 Å². The number of rotatable bonds is 5. The molecule has 3 rings (SSSR count). The van der Waals surface area contributed by atoms with E-state index in [0.717, 1.165) is 31.4 Å². The SMILES string of the molecule is Cc1ccc2n(c1=O)C(COC1CCC(C#CC(C)C)CC1)C(NS(C)(=O)=O)CC2. The highest BCUT2D eigenvalue weighted by Gasteiger charge is 2.33. The molecule has 0 saturated heterocycles. The molecule has 2 heterocycles. The van der Waals surface area contributed by atoms with Gasteiger partial charge in [0.05, 0.1) is 25.0 Å². The Bertz CT molecular complexity index is 963. The summed E-state index contributed by atoms with van der Waals surface area (Å²) < 4.78 is 34.5. The number of aromatic nitrogens is 1. The van der Waals surface area contributed by atoms with Crippen LogP contribution in [0.5, 0.6) is 0 Å². The Balaban J connectivity index is 1.72. The number of fused-ring (bicyclic) bond motifs is 1. The lowest BCUT2D eigenvalue weighted by Gasteiger charge is -2.36. The second-order valence-electron chi connectivity index (χ2n) is 9.04. The largest absolute Gasteiger partial charge is 0.376 e. The van der Waals surface area contributed by atoms with E-state index in [1.807, 2.05) is 12.1 Å². The van der Waals surface area contributed by atoms with Gasteiger partial charge >= 0.3 is 0 Å². The van der Waals surface area contributed by atoms with Crippen LogP contribution >= 0.6 is 0 Å². The van der Waals surface area contributed by atoms with Gasteiger partial charge in [-0.2, -0.15) is 0 Å². The fraction of sp³-hybridized carbons (Fsp3) is 0.696. The zero-order chi connectivity index (χ0) is 21.9. The van der Waals surface area contributed by atoms with Gasteiger partial charge in [-0.3, -0.25) is 4.79 Å². The van der Waals surface area contributed by atoms with E-state index in [1.165, 1.54) is 6.26 Å². The van der Waals surface area contributed by atoms with Crippen molar-refractivity contribution in [1.82, 2.24) is 9.29 Å². The maximum absolute atomic E-state index is 12.9. The van der Waals surface area contributed by atoms with Crippen LogP contribution in [-0.2, 0) is 21.2 Å². The summed E-state index contributed by atoms with van der Waals surface area (Å²) >= 11 is 0. The fourth-order valence-corrected chi connectivity index (χ4v) is 5.26. The highest BCUT2D eigenvalue weighted by molar-refractivity contribution is 7.88. The smallest absolute Gasteiger partial charge is 0.254 e. The van der Waals surface area contributed by atoms with Crippen LogP contribution in [0.4, 0.5) is 0 Å². The number of sulfonamides is 1. The topological polar surface area (TPSA) is 77.4 Å². The summed E-state index contributed by atoms with van der Waals surface area (Å²) in [5.74, 6) is 7.48. The molecule has 1 saturated carbocycles. The van der Waals surface area contributed by atoms with Gasteiger partial charge in [0.15, 0.2) is 0 Å². The predicted molar refractivity (Wildman–Crippen MR) is 119 cm³/mol. The van der Waals surface area contributed by atoms with Gasteiger partial charge in [-0.05, 0) is 51.5 Å². The first kappa shape index (κ1) is 23.1. The molecule has 1 fully saturated rings. The zero-order valence-electron chi connectivity index (χ0n) is 18.5. The van der Waals surface area contributed by atoms with Crippen molar-refractivity contribution in [2.75, 3.05) is 12.9 Å². The highest BCUT2D eigenvalue weighted by Crippen LogP contribution is 2.29. The van der Waals surface area contributed by atoms with E-state index in [9.17, 15) is 13.2 Å². The lowest BCUT2D eigenvalue weighted by molar-refractivity contribution is -0.00299. The van der Waals surface area contributed by atoms with E-state index in [1.54, 1.807) is 11.5 Å². The molecule has 0 bridgehead atoms. The summed E-state index contributed by atoms with van der Waals surface area (Å²) in [6.45, 7) is 6.33. The predicted octanol–water partition coefficient (Wildman–Crippen LogP) is 2.80. The van der Waals surface area contributed by atoms with Crippen molar-refractivity contribution in [3.05, 3.63) is 33.7 Å². The normalized spacial score (nSPS) is 26.7. The summed E-state index contributed by atoms with van der Waals surface area (Å²) in [6.07, 6.45) is 6.56. The molecule has 0 radical (unpaired) electrons. The highest BCUT2D eigenvalue weighted by atomic mass is 32.2. The second kappa shape index (κ2) is 9.67. The molecule has 0 aromatic carbocycles. The number of hydrogen-bond donors (Lipinski definition) is 1. The lowest BCUT2D eigenvalue weighted by Crippen LogP contribution is -2.49. The summed E-state index contributed by atoms with van der Waals surface area (Å²) in [5, 5.41) is 0. The molecule has 2 unspecified atom stereocenters. The third-order valence-electron chi connectivity index (χ3n) is 6.02. The van der Waals surface area contributed by atoms with Crippen LogP contribution in [-0.4, -0.2) is 38.0 Å². The number of aryl methyl sites for hydroxylation is 2. The van der Waals surface area contributed by atoms with Crippen LogP contribution < -0.4 is 10.3 Å². The minimum absolute atomic E-state index is 0.0613. The number of hydrogen-bond acceptors (Lipinski definition) is 4. The Labute approximate surface area is 180 Å². The van der Waals surface area contributed by atoms with Crippen molar-refractivity contribution in [3.8, 4) is 11.8 Å². The van der Waals surface area contributed by atoms with Gasteiger partial charge < -0.3 is 9.30 Å². The van der Waals surface area contributed by atoms with E-state index in [-0.39, 0.29) is 23.7 Å². The molecule has 1 aromatic rings. The molecule has 1 N–H and O–H groups in total. The average molecular weight is 435 g/mol. The quantitative estimate of drug-likeness (QED) is 0.723. The molecular weight excluding hydrogens is 400 g/mol. The van der Waals surface area contributed by atoms with Gasteiger partial charge in [0.1, 0.15) is 0 Å². The number of ether oxygens (including phenoxy) is 1. The molecule has 1 aromatic heterocycles. The molecule has 7 heteroatoms. The molecule has 1 aliphatic carbocycles. The molecule has 0 spiro atoms. The van der Waals surface area contributed by atoms with Crippen LogP contribution in [0.3, 0.4) is 0 Å². The molecule has 2 atom stereocenters. The Kier molecular flexibility index (Phi) is 7.43. The van der Waals surface area contributed by atoms with E-state index < -0.39 is 10.0 Å². The first-order chi connectivity index (χ1) is 14.1. The number of nitrogens with one attached hydrogen (secondary N) is 1. The number of pyridine rings is 1. The maximum Gasteiger partial charge on any atom is 0.254 e. The fourth-order valence-electron chi connectivity index (χ4n) is 4.43. The average Bonchev–Trinajstić information content (AvgIpc) is 2.68. The lowest BCUT2D eigenvalue weighted by atomic mass is 9.87. The Morgan fingerprint density at radius 3 is 2.53 bits per heavy atom. The molecular formula is C23H34N2O4S. The molecule has 2 aliphatic rings. The van der Waals surface area contributed by atoms with E-state index in [0.29, 0.717) is 36.8 Å². The van der Waals surface area contributed by atoms with Gasteiger partial charge in [-0.25, -0.2) is 13.1 Å². The van der Waals surface area contributed by atoms with Crippen LogP contribution in [0.15, 0.2) is 16.9 Å². The summed E-state index contributed by atoms with van der Waals surface area (Å²) in [4.78, 5) is 12.9. The van der Waals surface area contributed by atoms with E-state index >= 15 is 0 Å². The Morgan fingerprint density at radius 1 is 1.20 bits per heavy atom. The molecule has 0 amide bonds. The number of nitrogens with zero attached hydrogens (tertiary/aromatic N) is 1. The monoisotopic (exact) mass is 434 g/mol. The van der Waals surface area contributed by atoms with Gasteiger partial charge in [0.2, 0.25) is 10.0 Å². The van der Waals surface area contributed by atoms with Crippen LogP contribution in [0.1, 0.15) is 63.3 Å². The first-order valence-corrected chi connectivity index (χ1v) is 12.8. The van der Waals surface area contributed by atoms with Crippen molar-refractivity contribution < 1.29 is 13.2 Å². The van der Waals surface area contributed by atoms with Crippen molar-refractivity contribution in [3.63, 3.8) is 0 Å². The summed E-state index contributed by atoms with van der Waals surface area (Å²) in [7, 11) is -3.38. The van der Waals surface area contributed by atoms with Gasteiger partial charge in [-0.15, -0.1) is 5.92 Å². The third-order valence-corrected chi connectivity index (χ3v) is 6.75. The maximum atomic E-state index is 12.9. The molecule has 6 nitrogen and oxygen atoms in total. The molecule has 1 aliphatic heterocycles. The minimum Gasteiger partial charge on any atom is -0.376 e. The van der Waals surface area contributed by atoms with Crippen molar-refractivity contribution in [2.45, 2.75) is 77.5 Å². The first-order valence-electron chi connectivity index (χ1n) is 10.9. The van der Waals surface area contributed by atoms with Crippen LogP contribution in [0, 0.1) is 30.6 Å². The zero-order valence-corrected chi connectivity index (χ0v) is 19.3. The van der Waals surface area contributed by atoms with E-state index in [4.69, 9.17) is 4.74 Å². The van der Waals surface area contributed by atoms with E-state index in [2.05, 4.69) is 30.4 Å². The van der Waals surface area contributed by atoms with Crippen LogP contribution in [0.25, 0.3) is 0 Å². The summed E-state index contributed by atoms with van der Waals surface area (Å²) in [5.41, 5.74) is 1.54. The molecule has 166 valence electrons. The van der Waals surface area contributed by atoms with Gasteiger partial charge in [0.25, 0.3) is 5.56 Å². The van der Waals surface area contributed by atoms with Gasteiger partial charge in [0, 0.05) is 29.1 Å². The second-order valence-corrected chi connectivity index (χ2v) is 10.8. The van der Waals surface area contributed by atoms with Crippen molar-refractivity contribution in [1.29, 1.82) is 0 Å².